The second-order valence-corrected chi connectivity index (χ2v) is 7.47. The Bertz CT molecular complexity index is 433. The van der Waals surface area contributed by atoms with E-state index in [2.05, 4.69) is 65.1 Å². The van der Waals surface area contributed by atoms with Crippen molar-refractivity contribution in [3.05, 3.63) is 28.2 Å². The fraction of sp³-hybridized carbons (Fsp3) is 0.647. The molecular formula is C17H27BrN2. The minimum atomic E-state index is 0.507. The molecule has 3 heteroatoms. The summed E-state index contributed by atoms with van der Waals surface area (Å²) in [4.78, 5) is 2.51. The fourth-order valence-electron chi connectivity index (χ4n) is 2.68. The van der Waals surface area contributed by atoms with Crippen molar-refractivity contribution in [1.29, 1.82) is 0 Å². The second kappa shape index (κ2) is 6.95. The van der Waals surface area contributed by atoms with E-state index >= 15 is 0 Å². The molecule has 2 rings (SSSR count). The van der Waals surface area contributed by atoms with E-state index in [1.165, 1.54) is 48.1 Å². The molecule has 1 N–H and O–H groups in total. The smallest absolute Gasteiger partial charge is 0.0510 e. The van der Waals surface area contributed by atoms with Crippen molar-refractivity contribution in [1.82, 2.24) is 5.32 Å². The largest absolute Gasteiger partial charge is 0.371 e. The molecule has 1 heterocycles. The monoisotopic (exact) mass is 338 g/mol. The first kappa shape index (κ1) is 15.8. The number of piperidine rings is 1. The Hall–Kier alpha value is -0.540. The van der Waals surface area contributed by atoms with Gasteiger partial charge in [0.2, 0.25) is 0 Å². The van der Waals surface area contributed by atoms with Crippen molar-refractivity contribution >= 4 is 21.6 Å². The molecule has 0 aromatic heterocycles. The van der Waals surface area contributed by atoms with Gasteiger partial charge in [0.05, 0.1) is 5.69 Å². The normalized spacial score (nSPS) is 18.3. The van der Waals surface area contributed by atoms with Crippen LogP contribution in [0, 0.1) is 5.41 Å². The highest BCUT2D eigenvalue weighted by atomic mass is 79.9. The Kier molecular flexibility index (Phi) is 5.50. The van der Waals surface area contributed by atoms with Crippen molar-refractivity contribution in [2.24, 2.45) is 5.41 Å². The number of benzene rings is 1. The molecule has 0 unspecified atom stereocenters. The predicted octanol–water partition coefficient (Wildman–Crippen LogP) is 4.58. The SMILES string of the molecule is CCCNCc1ccc(N2CCC(C)(C)CC2)c(Br)c1. The third-order valence-corrected chi connectivity index (χ3v) is 4.86. The van der Waals surface area contributed by atoms with Crippen LogP contribution in [0.5, 0.6) is 0 Å². The molecule has 0 amide bonds. The zero-order valence-electron chi connectivity index (χ0n) is 13.0. The molecule has 0 atom stereocenters. The van der Waals surface area contributed by atoms with Crippen molar-refractivity contribution in [3.63, 3.8) is 0 Å². The molecule has 1 saturated heterocycles. The van der Waals surface area contributed by atoms with Crippen molar-refractivity contribution in [2.75, 3.05) is 24.5 Å². The van der Waals surface area contributed by atoms with Gasteiger partial charge in [-0.15, -0.1) is 0 Å². The minimum Gasteiger partial charge on any atom is -0.371 e. The van der Waals surface area contributed by atoms with Crippen LogP contribution in [-0.4, -0.2) is 19.6 Å². The summed E-state index contributed by atoms with van der Waals surface area (Å²) in [6.07, 6.45) is 3.74. The summed E-state index contributed by atoms with van der Waals surface area (Å²) in [5.41, 5.74) is 3.21. The molecule has 0 saturated carbocycles. The summed E-state index contributed by atoms with van der Waals surface area (Å²) in [6, 6.07) is 6.78. The Morgan fingerprint density at radius 3 is 2.55 bits per heavy atom. The fourth-order valence-corrected chi connectivity index (χ4v) is 3.36. The average Bonchev–Trinajstić information content (AvgIpc) is 2.40. The van der Waals surface area contributed by atoms with Crippen LogP contribution >= 0.6 is 15.9 Å². The Labute approximate surface area is 132 Å². The standard InChI is InChI=1S/C17H27BrN2/c1-4-9-19-13-14-5-6-16(15(18)12-14)20-10-7-17(2,3)8-11-20/h5-6,12,19H,4,7-11,13H2,1-3H3. The van der Waals surface area contributed by atoms with Crippen LogP contribution in [-0.2, 0) is 6.54 Å². The lowest BCUT2D eigenvalue weighted by Gasteiger charge is -2.38. The number of rotatable bonds is 5. The maximum Gasteiger partial charge on any atom is 0.0510 e. The lowest BCUT2D eigenvalue weighted by Crippen LogP contribution is -2.37. The van der Waals surface area contributed by atoms with E-state index in [0.717, 1.165) is 13.1 Å². The van der Waals surface area contributed by atoms with Crippen LogP contribution in [0.25, 0.3) is 0 Å². The van der Waals surface area contributed by atoms with E-state index in [9.17, 15) is 0 Å². The van der Waals surface area contributed by atoms with Crippen LogP contribution in [0.4, 0.5) is 5.69 Å². The molecule has 0 spiro atoms. The van der Waals surface area contributed by atoms with Gasteiger partial charge in [0.1, 0.15) is 0 Å². The van der Waals surface area contributed by atoms with Gasteiger partial charge in [0, 0.05) is 24.1 Å². The summed E-state index contributed by atoms with van der Waals surface area (Å²) < 4.78 is 1.23. The molecule has 1 aliphatic heterocycles. The maximum atomic E-state index is 3.75. The molecule has 1 aromatic rings. The Balaban J connectivity index is 1.99. The van der Waals surface area contributed by atoms with Gasteiger partial charge in [-0.05, 0) is 64.8 Å². The molecule has 112 valence electrons. The highest BCUT2D eigenvalue weighted by Crippen LogP contribution is 2.35. The van der Waals surface area contributed by atoms with Crippen LogP contribution < -0.4 is 10.2 Å². The molecule has 1 aromatic carbocycles. The van der Waals surface area contributed by atoms with Crippen LogP contribution in [0.3, 0.4) is 0 Å². The third-order valence-electron chi connectivity index (χ3n) is 4.23. The summed E-state index contributed by atoms with van der Waals surface area (Å²) in [5.74, 6) is 0. The van der Waals surface area contributed by atoms with Crippen LogP contribution in [0.15, 0.2) is 22.7 Å². The number of hydrogen-bond donors (Lipinski definition) is 1. The van der Waals surface area contributed by atoms with E-state index in [0.29, 0.717) is 5.41 Å². The third kappa shape index (κ3) is 4.23. The number of hydrogen-bond acceptors (Lipinski definition) is 2. The van der Waals surface area contributed by atoms with Gasteiger partial charge in [0.25, 0.3) is 0 Å². The molecule has 20 heavy (non-hydrogen) atoms. The van der Waals surface area contributed by atoms with Crippen molar-refractivity contribution in [2.45, 2.75) is 46.6 Å². The van der Waals surface area contributed by atoms with Crippen molar-refractivity contribution < 1.29 is 0 Å². The van der Waals surface area contributed by atoms with Crippen LogP contribution in [0.1, 0.15) is 45.6 Å². The first-order chi connectivity index (χ1) is 9.52. The quantitative estimate of drug-likeness (QED) is 0.790. The molecule has 2 nitrogen and oxygen atoms in total. The summed E-state index contributed by atoms with van der Waals surface area (Å²) in [7, 11) is 0. The number of nitrogens with one attached hydrogen (secondary N) is 1. The zero-order chi connectivity index (χ0) is 14.6. The van der Waals surface area contributed by atoms with Gasteiger partial charge in [0.15, 0.2) is 0 Å². The van der Waals surface area contributed by atoms with Gasteiger partial charge in [-0.25, -0.2) is 0 Å². The molecule has 0 radical (unpaired) electrons. The maximum absolute atomic E-state index is 3.75. The summed E-state index contributed by atoms with van der Waals surface area (Å²) >= 11 is 3.75. The topological polar surface area (TPSA) is 15.3 Å². The van der Waals surface area contributed by atoms with Gasteiger partial charge in [-0.2, -0.15) is 0 Å². The number of anilines is 1. The summed E-state index contributed by atoms with van der Waals surface area (Å²) in [6.45, 7) is 11.3. The van der Waals surface area contributed by atoms with Crippen molar-refractivity contribution in [3.8, 4) is 0 Å². The first-order valence-electron chi connectivity index (χ1n) is 7.76. The zero-order valence-corrected chi connectivity index (χ0v) is 14.6. The van der Waals surface area contributed by atoms with Gasteiger partial charge >= 0.3 is 0 Å². The van der Waals surface area contributed by atoms with E-state index in [1.54, 1.807) is 0 Å². The van der Waals surface area contributed by atoms with Gasteiger partial charge in [-0.3, -0.25) is 0 Å². The van der Waals surface area contributed by atoms with Crippen LogP contribution in [0.2, 0.25) is 0 Å². The van der Waals surface area contributed by atoms with E-state index < -0.39 is 0 Å². The van der Waals surface area contributed by atoms with E-state index in [-0.39, 0.29) is 0 Å². The lowest BCUT2D eigenvalue weighted by molar-refractivity contribution is 0.279. The molecule has 1 aliphatic rings. The Morgan fingerprint density at radius 2 is 1.95 bits per heavy atom. The van der Waals surface area contributed by atoms with E-state index in [4.69, 9.17) is 0 Å². The Morgan fingerprint density at radius 1 is 1.25 bits per heavy atom. The molecule has 1 fully saturated rings. The van der Waals surface area contributed by atoms with E-state index in [1.807, 2.05) is 0 Å². The minimum absolute atomic E-state index is 0.507. The predicted molar refractivity (Wildman–Crippen MR) is 91.4 cm³/mol. The number of nitrogens with zero attached hydrogens (tertiary/aromatic N) is 1. The van der Waals surface area contributed by atoms with Gasteiger partial charge in [-0.1, -0.05) is 26.8 Å². The highest BCUT2D eigenvalue weighted by molar-refractivity contribution is 9.10. The first-order valence-corrected chi connectivity index (χ1v) is 8.55. The number of halogens is 1. The average molecular weight is 339 g/mol. The lowest BCUT2D eigenvalue weighted by atomic mass is 9.82. The second-order valence-electron chi connectivity index (χ2n) is 6.61. The molecule has 0 aliphatic carbocycles. The summed E-state index contributed by atoms with van der Waals surface area (Å²) in [5, 5.41) is 3.45. The highest BCUT2D eigenvalue weighted by Gasteiger charge is 2.26. The molecular weight excluding hydrogens is 312 g/mol. The molecule has 0 bridgehead atoms. The van der Waals surface area contributed by atoms with Gasteiger partial charge < -0.3 is 10.2 Å².